The monoisotopic (exact) mass is 208 g/mol. The molecular formula is C10H12N2O3. The summed E-state index contributed by atoms with van der Waals surface area (Å²) in [6, 6.07) is 1.89. The second-order valence-corrected chi connectivity index (χ2v) is 3.56. The Morgan fingerprint density at radius 1 is 1.60 bits per heavy atom. The number of hydrogen-bond acceptors (Lipinski definition) is 3. The van der Waals surface area contributed by atoms with Crippen molar-refractivity contribution in [2.75, 3.05) is 6.54 Å². The van der Waals surface area contributed by atoms with Crippen molar-refractivity contribution in [1.82, 2.24) is 9.88 Å². The molecule has 0 aromatic carbocycles. The van der Waals surface area contributed by atoms with Gasteiger partial charge in [0.25, 0.3) is 0 Å². The van der Waals surface area contributed by atoms with Gasteiger partial charge in [-0.3, -0.25) is 4.98 Å². The predicted molar refractivity (Wildman–Crippen MR) is 52.3 cm³/mol. The number of aliphatic hydroxyl groups excluding tert-OH is 1. The molecule has 0 saturated carbocycles. The maximum Gasteiger partial charge on any atom is 0.407 e. The van der Waals surface area contributed by atoms with E-state index in [9.17, 15) is 4.79 Å². The van der Waals surface area contributed by atoms with Crippen molar-refractivity contribution >= 4 is 6.09 Å². The van der Waals surface area contributed by atoms with Gasteiger partial charge in [0.1, 0.15) is 0 Å². The average molecular weight is 208 g/mol. The Morgan fingerprint density at radius 3 is 3.07 bits per heavy atom. The lowest BCUT2D eigenvalue weighted by Crippen LogP contribution is -2.35. The molecule has 1 aliphatic rings. The number of aliphatic hydroxyl groups is 1. The quantitative estimate of drug-likeness (QED) is 0.709. The maximum absolute atomic E-state index is 10.7. The summed E-state index contributed by atoms with van der Waals surface area (Å²) >= 11 is 0. The molecule has 2 rings (SSSR count). The molecule has 2 N–H and O–H groups in total. The number of rotatable bonds is 1. The van der Waals surface area contributed by atoms with E-state index in [1.165, 1.54) is 4.90 Å². The zero-order valence-electron chi connectivity index (χ0n) is 8.18. The maximum atomic E-state index is 10.7. The molecule has 15 heavy (non-hydrogen) atoms. The minimum atomic E-state index is -0.909. The third-order valence-corrected chi connectivity index (χ3v) is 2.56. The molecule has 0 bridgehead atoms. The molecular weight excluding hydrogens is 196 g/mol. The Labute approximate surface area is 87.0 Å². The van der Waals surface area contributed by atoms with Gasteiger partial charge in [-0.15, -0.1) is 0 Å². The second kappa shape index (κ2) is 3.86. The summed E-state index contributed by atoms with van der Waals surface area (Å²) in [6.07, 6.45) is 1.35. The topological polar surface area (TPSA) is 73.7 Å². The second-order valence-electron chi connectivity index (χ2n) is 3.56. The number of amides is 1. The molecule has 80 valence electrons. The Bertz CT molecular complexity index is 392. The number of fused-ring (bicyclic) bond motifs is 1. The molecule has 2 heterocycles. The summed E-state index contributed by atoms with van der Waals surface area (Å²) in [6.45, 7) is 0.818. The highest BCUT2D eigenvalue weighted by Gasteiger charge is 2.20. The minimum absolute atomic E-state index is 0.0249. The van der Waals surface area contributed by atoms with Crippen LogP contribution in [0.1, 0.15) is 16.8 Å². The summed E-state index contributed by atoms with van der Waals surface area (Å²) in [5, 5.41) is 17.8. The van der Waals surface area contributed by atoms with Gasteiger partial charge in [-0.25, -0.2) is 4.79 Å². The van der Waals surface area contributed by atoms with Crippen molar-refractivity contribution < 1.29 is 15.0 Å². The molecule has 0 fully saturated rings. The highest BCUT2D eigenvalue weighted by atomic mass is 16.4. The van der Waals surface area contributed by atoms with Crippen LogP contribution < -0.4 is 0 Å². The fraction of sp³-hybridized carbons (Fsp3) is 0.400. The molecule has 0 radical (unpaired) electrons. The van der Waals surface area contributed by atoms with Crippen molar-refractivity contribution in [3.8, 4) is 0 Å². The van der Waals surface area contributed by atoms with Crippen LogP contribution in [-0.4, -0.2) is 32.7 Å². The van der Waals surface area contributed by atoms with Gasteiger partial charge < -0.3 is 15.1 Å². The molecule has 0 spiro atoms. The van der Waals surface area contributed by atoms with Gasteiger partial charge in [-0.2, -0.15) is 0 Å². The van der Waals surface area contributed by atoms with E-state index in [-0.39, 0.29) is 6.61 Å². The first-order valence-electron chi connectivity index (χ1n) is 4.76. The van der Waals surface area contributed by atoms with Crippen LogP contribution in [0.3, 0.4) is 0 Å². The number of hydrogen-bond donors (Lipinski definition) is 2. The van der Waals surface area contributed by atoms with Crippen LogP contribution in [0.4, 0.5) is 4.79 Å². The molecule has 1 aromatic heterocycles. The lowest BCUT2D eigenvalue weighted by atomic mass is 10.0. The number of nitrogens with zero attached hydrogens (tertiary/aromatic N) is 2. The van der Waals surface area contributed by atoms with Gasteiger partial charge in [-0.1, -0.05) is 6.07 Å². The first-order valence-corrected chi connectivity index (χ1v) is 4.76. The lowest BCUT2D eigenvalue weighted by Gasteiger charge is -2.25. The highest BCUT2D eigenvalue weighted by molar-refractivity contribution is 5.65. The van der Waals surface area contributed by atoms with E-state index >= 15 is 0 Å². The Kier molecular flexibility index (Phi) is 2.55. The van der Waals surface area contributed by atoms with Crippen molar-refractivity contribution in [1.29, 1.82) is 0 Å². The van der Waals surface area contributed by atoms with Crippen LogP contribution in [0, 0.1) is 0 Å². The highest BCUT2D eigenvalue weighted by Crippen LogP contribution is 2.17. The van der Waals surface area contributed by atoms with E-state index in [0.29, 0.717) is 19.5 Å². The Balaban J connectivity index is 2.24. The van der Waals surface area contributed by atoms with Crippen LogP contribution in [0.25, 0.3) is 0 Å². The van der Waals surface area contributed by atoms with Gasteiger partial charge in [0.15, 0.2) is 0 Å². The molecule has 1 amide bonds. The number of carbonyl (C=O) groups is 1. The van der Waals surface area contributed by atoms with Gasteiger partial charge in [0, 0.05) is 12.7 Å². The van der Waals surface area contributed by atoms with Crippen LogP contribution in [0.15, 0.2) is 12.3 Å². The van der Waals surface area contributed by atoms with Gasteiger partial charge in [-0.05, 0) is 17.5 Å². The lowest BCUT2D eigenvalue weighted by molar-refractivity contribution is 0.139. The molecule has 0 saturated heterocycles. The SMILES string of the molecule is O=C(O)N1CCc2cc(CO)cnc2C1. The summed E-state index contributed by atoms with van der Waals surface area (Å²) in [4.78, 5) is 16.2. The predicted octanol–water partition coefficient (Wildman–Crippen LogP) is 0.610. The van der Waals surface area contributed by atoms with E-state index in [4.69, 9.17) is 10.2 Å². The number of carboxylic acid groups (broad SMARTS) is 1. The van der Waals surface area contributed by atoms with Crippen molar-refractivity contribution in [3.63, 3.8) is 0 Å². The number of aromatic nitrogens is 1. The molecule has 5 nitrogen and oxygen atoms in total. The standard InChI is InChI=1S/C10H12N2O3/c13-6-7-3-8-1-2-12(10(14)15)5-9(8)11-4-7/h3-4,13H,1-2,5-6H2,(H,14,15). The summed E-state index contributed by atoms with van der Waals surface area (Å²) in [5.41, 5.74) is 2.61. The Hall–Kier alpha value is -1.62. The van der Waals surface area contributed by atoms with Crippen LogP contribution >= 0.6 is 0 Å². The summed E-state index contributed by atoms with van der Waals surface area (Å²) in [7, 11) is 0. The smallest absolute Gasteiger partial charge is 0.407 e. The average Bonchev–Trinajstić information content (AvgIpc) is 2.27. The first-order chi connectivity index (χ1) is 7.20. The van der Waals surface area contributed by atoms with Crippen molar-refractivity contribution in [2.24, 2.45) is 0 Å². The largest absolute Gasteiger partial charge is 0.465 e. The fourth-order valence-corrected chi connectivity index (χ4v) is 1.71. The van der Waals surface area contributed by atoms with E-state index in [1.54, 1.807) is 6.20 Å². The molecule has 5 heteroatoms. The van der Waals surface area contributed by atoms with E-state index in [1.807, 2.05) is 6.07 Å². The molecule has 1 aromatic rings. The third kappa shape index (κ3) is 1.92. The minimum Gasteiger partial charge on any atom is -0.465 e. The summed E-state index contributed by atoms with van der Waals surface area (Å²) in [5.74, 6) is 0. The van der Waals surface area contributed by atoms with Crippen LogP contribution in [0.5, 0.6) is 0 Å². The number of pyridine rings is 1. The van der Waals surface area contributed by atoms with Crippen molar-refractivity contribution in [2.45, 2.75) is 19.6 Å². The Morgan fingerprint density at radius 2 is 2.40 bits per heavy atom. The first kappa shape index (κ1) is 9.92. The molecule has 0 aliphatic carbocycles. The van der Waals surface area contributed by atoms with Gasteiger partial charge >= 0.3 is 6.09 Å². The third-order valence-electron chi connectivity index (χ3n) is 2.56. The zero-order chi connectivity index (χ0) is 10.8. The van der Waals surface area contributed by atoms with Crippen LogP contribution in [-0.2, 0) is 19.6 Å². The van der Waals surface area contributed by atoms with Crippen LogP contribution in [0.2, 0.25) is 0 Å². The fourth-order valence-electron chi connectivity index (χ4n) is 1.71. The van der Waals surface area contributed by atoms with E-state index < -0.39 is 6.09 Å². The molecule has 0 unspecified atom stereocenters. The van der Waals surface area contributed by atoms with E-state index in [0.717, 1.165) is 16.8 Å². The van der Waals surface area contributed by atoms with Crippen molar-refractivity contribution in [3.05, 3.63) is 29.1 Å². The molecule has 0 atom stereocenters. The molecule has 1 aliphatic heterocycles. The van der Waals surface area contributed by atoms with Gasteiger partial charge in [0.2, 0.25) is 0 Å². The zero-order valence-corrected chi connectivity index (χ0v) is 8.18. The van der Waals surface area contributed by atoms with Gasteiger partial charge in [0.05, 0.1) is 18.8 Å². The van der Waals surface area contributed by atoms with E-state index in [2.05, 4.69) is 4.98 Å². The normalized spacial score (nSPS) is 14.9. The summed E-state index contributed by atoms with van der Waals surface area (Å²) < 4.78 is 0.